The molecule has 2 aromatic carbocycles. The van der Waals surface area contributed by atoms with Crippen molar-refractivity contribution in [1.82, 2.24) is 5.32 Å². The molecule has 2 heteroatoms. The first-order valence-corrected chi connectivity index (χ1v) is 7.44. The van der Waals surface area contributed by atoms with Crippen LogP contribution in [0.3, 0.4) is 0 Å². The molecule has 106 valence electrons. The van der Waals surface area contributed by atoms with Crippen LogP contribution in [0.4, 0.5) is 0 Å². The molecule has 0 spiro atoms. The third-order valence-electron chi connectivity index (χ3n) is 3.28. The molecule has 0 saturated heterocycles. The van der Waals surface area contributed by atoms with E-state index in [1.54, 1.807) is 0 Å². The molecule has 0 radical (unpaired) electrons. The average molecular weight is 288 g/mol. The van der Waals surface area contributed by atoms with E-state index in [1.807, 2.05) is 0 Å². The van der Waals surface area contributed by atoms with Crippen LogP contribution in [-0.2, 0) is 6.54 Å². The lowest BCUT2D eigenvalue weighted by Gasteiger charge is -2.11. The summed E-state index contributed by atoms with van der Waals surface area (Å²) in [6, 6.07) is 13.3. The van der Waals surface area contributed by atoms with Gasteiger partial charge in [0.1, 0.15) is 0 Å². The van der Waals surface area contributed by atoms with Crippen LogP contribution in [0, 0.1) is 13.8 Å². The van der Waals surface area contributed by atoms with Crippen LogP contribution in [0.5, 0.6) is 0 Å². The number of rotatable bonds is 4. The minimum absolute atomic E-state index is 0.480. The number of hydrogen-bond donors (Lipinski definition) is 1. The molecule has 0 bridgehead atoms. The quantitative estimate of drug-likeness (QED) is 0.823. The number of benzene rings is 2. The van der Waals surface area contributed by atoms with Gasteiger partial charge in [-0.05, 0) is 31.0 Å². The molecular weight excluding hydrogens is 266 g/mol. The van der Waals surface area contributed by atoms with Crippen molar-refractivity contribution in [3.63, 3.8) is 0 Å². The smallest absolute Gasteiger partial charge is 0.0487 e. The van der Waals surface area contributed by atoms with Gasteiger partial charge in [-0.15, -0.1) is 0 Å². The van der Waals surface area contributed by atoms with E-state index in [4.69, 9.17) is 11.6 Å². The first-order valence-electron chi connectivity index (χ1n) is 7.06. The van der Waals surface area contributed by atoms with Gasteiger partial charge in [-0.25, -0.2) is 0 Å². The predicted octanol–water partition coefficient (Wildman–Crippen LogP) is 5.12. The van der Waals surface area contributed by atoms with Gasteiger partial charge in [0.05, 0.1) is 0 Å². The van der Waals surface area contributed by atoms with Crippen molar-refractivity contribution in [1.29, 1.82) is 0 Å². The zero-order valence-electron chi connectivity index (χ0n) is 12.6. The number of aryl methyl sites for hydroxylation is 2. The molecule has 0 aromatic heterocycles. The number of hydrogen-bond acceptors (Lipinski definition) is 1. The minimum Gasteiger partial charge on any atom is -0.310 e. The Labute approximate surface area is 127 Å². The standard InChI is InChI=1S/C18H22ClN/c1-12(2)20-11-15-5-6-17(18(19)10-15)16-8-13(3)7-14(4)9-16/h5-10,12,20H,11H2,1-4H3. The van der Waals surface area contributed by atoms with Crippen LogP contribution in [-0.4, -0.2) is 6.04 Å². The molecule has 0 aliphatic heterocycles. The zero-order valence-corrected chi connectivity index (χ0v) is 13.4. The summed E-state index contributed by atoms with van der Waals surface area (Å²) in [5.41, 5.74) is 6.04. The molecule has 0 aliphatic carbocycles. The molecule has 0 atom stereocenters. The lowest BCUT2D eigenvalue weighted by molar-refractivity contribution is 0.589. The SMILES string of the molecule is Cc1cc(C)cc(-c2ccc(CNC(C)C)cc2Cl)c1. The molecule has 1 N–H and O–H groups in total. The molecule has 0 unspecified atom stereocenters. The fourth-order valence-corrected chi connectivity index (χ4v) is 2.67. The van der Waals surface area contributed by atoms with Crippen molar-refractivity contribution in [2.45, 2.75) is 40.3 Å². The molecular formula is C18H22ClN. The van der Waals surface area contributed by atoms with E-state index in [9.17, 15) is 0 Å². The Balaban J connectivity index is 2.29. The van der Waals surface area contributed by atoms with Crippen LogP contribution in [0.25, 0.3) is 11.1 Å². The highest BCUT2D eigenvalue weighted by molar-refractivity contribution is 6.33. The largest absolute Gasteiger partial charge is 0.310 e. The van der Waals surface area contributed by atoms with Crippen LogP contribution in [0.2, 0.25) is 5.02 Å². The third kappa shape index (κ3) is 3.84. The fourth-order valence-electron chi connectivity index (χ4n) is 2.35. The summed E-state index contributed by atoms with van der Waals surface area (Å²) in [6.07, 6.45) is 0. The normalized spacial score (nSPS) is 11.1. The summed E-state index contributed by atoms with van der Waals surface area (Å²) in [5, 5.41) is 4.23. The molecule has 2 aromatic rings. The Morgan fingerprint density at radius 2 is 1.65 bits per heavy atom. The summed E-state index contributed by atoms with van der Waals surface area (Å²) in [6.45, 7) is 9.37. The maximum Gasteiger partial charge on any atom is 0.0487 e. The minimum atomic E-state index is 0.480. The van der Waals surface area contributed by atoms with E-state index in [1.165, 1.54) is 22.3 Å². The number of halogens is 1. The maximum atomic E-state index is 6.46. The second-order valence-corrected chi connectivity index (χ2v) is 6.13. The van der Waals surface area contributed by atoms with E-state index in [0.717, 1.165) is 17.1 Å². The Hall–Kier alpha value is -1.31. The highest BCUT2D eigenvalue weighted by Gasteiger charge is 2.06. The third-order valence-corrected chi connectivity index (χ3v) is 3.59. The lowest BCUT2D eigenvalue weighted by atomic mass is 9.99. The number of nitrogens with one attached hydrogen (secondary N) is 1. The molecule has 20 heavy (non-hydrogen) atoms. The van der Waals surface area contributed by atoms with Gasteiger partial charge in [-0.3, -0.25) is 0 Å². The second kappa shape index (κ2) is 6.43. The summed E-state index contributed by atoms with van der Waals surface area (Å²) < 4.78 is 0. The van der Waals surface area contributed by atoms with Gasteiger partial charge in [-0.2, -0.15) is 0 Å². The van der Waals surface area contributed by atoms with E-state index >= 15 is 0 Å². The summed E-state index contributed by atoms with van der Waals surface area (Å²) in [7, 11) is 0. The topological polar surface area (TPSA) is 12.0 Å². The van der Waals surface area contributed by atoms with Crippen molar-refractivity contribution in [3.8, 4) is 11.1 Å². The van der Waals surface area contributed by atoms with Crippen LogP contribution < -0.4 is 5.32 Å². The molecule has 0 aliphatic rings. The molecule has 0 fully saturated rings. The Morgan fingerprint density at radius 1 is 1.00 bits per heavy atom. The summed E-state index contributed by atoms with van der Waals surface area (Å²) >= 11 is 6.46. The maximum absolute atomic E-state index is 6.46. The average Bonchev–Trinajstić information content (AvgIpc) is 2.35. The van der Waals surface area contributed by atoms with Gasteiger partial charge in [0, 0.05) is 23.2 Å². The Kier molecular flexibility index (Phi) is 4.85. The van der Waals surface area contributed by atoms with Gasteiger partial charge in [0.25, 0.3) is 0 Å². The summed E-state index contributed by atoms with van der Waals surface area (Å²) in [4.78, 5) is 0. The van der Waals surface area contributed by atoms with Crippen molar-refractivity contribution >= 4 is 11.6 Å². The van der Waals surface area contributed by atoms with Crippen molar-refractivity contribution in [3.05, 3.63) is 58.1 Å². The Bertz CT molecular complexity index is 582. The Morgan fingerprint density at radius 3 is 2.20 bits per heavy atom. The summed E-state index contributed by atoms with van der Waals surface area (Å²) in [5.74, 6) is 0. The zero-order chi connectivity index (χ0) is 14.7. The van der Waals surface area contributed by atoms with Gasteiger partial charge in [-0.1, -0.05) is 66.9 Å². The second-order valence-electron chi connectivity index (χ2n) is 5.73. The van der Waals surface area contributed by atoms with Crippen molar-refractivity contribution in [2.75, 3.05) is 0 Å². The van der Waals surface area contributed by atoms with E-state index in [2.05, 4.69) is 69.4 Å². The predicted molar refractivity (Wildman–Crippen MR) is 88.3 cm³/mol. The van der Waals surface area contributed by atoms with E-state index in [0.29, 0.717) is 6.04 Å². The molecule has 0 heterocycles. The molecule has 0 saturated carbocycles. The highest BCUT2D eigenvalue weighted by Crippen LogP contribution is 2.30. The molecule has 0 amide bonds. The van der Waals surface area contributed by atoms with Gasteiger partial charge in [0.2, 0.25) is 0 Å². The van der Waals surface area contributed by atoms with Crippen molar-refractivity contribution < 1.29 is 0 Å². The van der Waals surface area contributed by atoms with Gasteiger partial charge in [0.15, 0.2) is 0 Å². The lowest BCUT2D eigenvalue weighted by Crippen LogP contribution is -2.21. The van der Waals surface area contributed by atoms with E-state index in [-0.39, 0.29) is 0 Å². The first-order chi connectivity index (χ1) is 9.45. The molecule has 2 rings (SSSR count). The van der Waals surface area contributed by atoms with Gasteiger partial charge >= 0.3 is 0 Å². The van der Waals surface area contributed by atoms with Crippen LogP contribution >= 0.6 is 11.6 Å². The monoisotopic (exact) mass is 287 g/mol. The van der Waals surface area contributed by atoms with Gasteiger partial charge < -0.3 is 5.32 Å². The van der Waals surface area contributed by atoms with E-state index < -0.39 is 0 Å². The highest BCUT2D eigenvalue weighted by atomic mass is 35.5. The van der Waals surface area contributed by atoms with Crippen LogP contribution in [0.1, 0.15) is 30.5 Å². The molecule has 1 nitrogen and oxygen atoms in total. The first kappa shape index (κ1) is 15.1. The van der Waals surface area contributed by atoms with Crippen LogP contribution in [0.15, 0.2) is 36.4 Å². The van der Waals surface area contributed by atoms with Crippen molar-refractivity contribution in [2.24, 2.45) is 0 Å². The fraction of sp³-hybridized carbons (Fsp3) is 0.333.